The van der Waals surface area contributed by atoms with Crippen molar-refractivity contribution >= 4 is 44.7 Å². The van der Waals surface area contributed by atoms with Crippen molar-refractivity contribution in [1.82, 2.24) is 9.97 Å². The molecule has 2 aromatic carbocycles. The maximum Gasteiger partial charge on any atom is 0.262 e. The van der Waals surface area contributed by atoms with Gasteiger partial charge in [-0.3, -0.25) is 4.79 Å². The van der Waals surface area contributed by atoms with Gasteiger partial charge in [0.15, 0.2) is 6.61 Å². The van der Waals surface area contributed by atoms with Crippen molar-refractivity contribution in [2.45, 2.75) is 6.92 Å². The van der Waals surface area contributed by atoms with E-state index in [4.69, 9.17) is 21.6 Å². The van der Waals surface area contributed by atoms with Crippen molar-refractivity contribution in [2.75, 3.05) is 11.9 Å². The molecule has 0 bridgehead atoms. The van der Waals surface area contributed by atoms with E-state index < -0.39 is 0 Å². The standard InChI is InChI=1S/C22H15ClN4O2S/c1-13-2-4-14(5-3-13)17-11-30-22-20(17)21(25-12-26-22)29-10-19(28)27-16-7-6-15(9-24)18(23)8-16/h2-8,11-12H,10H2,1H3,(H,27,28). The first kappa shape index (κ1) is 19.8. The molecule has 0 fully saturated rings. The second kappa shape index (κ2) is 8.49. The SMILES string of the molecule is Cc1ccc(-c2csc3ncnc(OCC(=O)Nc4ccc(C#N)c(Cl)c4)c23)cc1. The van der Waals surface area contributed by atoms with Crippen LogP contribution in [0.3, 0.4) is 0 Å². The number of aromatic nitrogens is 2. The zero-order chi connectivity index (χ0) is 21.1. The van der Waals surface area contributed by atoms with Gasteiger partial charge in [0.2, 0.25) is 5.88 Å². The molecule has 0 atom stereocenters. The summed E-state index contributed by atoms with van der Waals surface area (Å²) < 4.78 is 5.73. The van der Waals surface area contributed by atoms with Crippen molar-refractivity contribution in [3.05, 3.63) is 70.3 Å². The number of anilines is 1. The molecule has 0 saturated heterocycles. The Labute approximate surface area is 181 Å². The third kappa shape index (κ3) is 4.10. The maximum atomic E-state index is 12.3. The molecular weight excluding hydrogens is 420 g/mol. The number of hydrogen-bond donors (Lipinski definition) is 1. The second-order valence-electron chi connectivity index (χ2n) is 6.52. The third-order valence-electron chi connectivity index (χ3n) is 4.41. The fourth-order valence-electron chi connectivity index (χ4n) is 2.92. The van der Waals surface area contributed by atoms with E-state index in [1.54, 1.807) is 12.1 Å². The second-order valence-corrected chi connectivity index (χ2v) is 7.78. The number of ether oxygens (including phenoxy) is 1. The average molecular weight is 435 g/mol. The first-order valence-electron chi connectivity index (χ1n) is 8.96. The first-order valence-corrected chi connectivity index (χ1v) is 10.2. The fourth-order valence-corrected chi connectivity index (χ4v) is 4.05. The van der Waals surface area contributed by atoms with Crippen LogP contribution in [0, 0.1) is 18.3 Å². The highest BCUT2D eigenvalue weighted by molar-refractivity contribution is 7.17. The van der Waals surface area contributed by atoms with Gasteiger partial charge in [-0.05, 0) is 30.7 Å². The van der Waals surface area contributed by atoms with Gasteiger partial charge in [-0.1, -0.05) is 41.4 Å². The number of hydrogen-bond acceptors (Lipinski definition) is 6. The van der Waals surface area contributed by atoms with Gasteiger partial charge in [0.1, 0.15) is 17.2 Å². The van der Waals surface area contributed by atoms with Gasteiger partial charge < -0.3 is 10.1 Å². The molecule has 4 aromatic rings. The Morgan fingerprint density at radius 1 is 1.23 bits per heavy atom. The topological polar surface area (TPSA) is 87.9 Å². The highest BCUT2D eigenvalue weighted by atomic mass is 35.5. The van der Waals surface area contributed by atoms with E-state index in [0.717, 1.165) is 21.3 Å². The maximum absolute atomic E-state index is 12.3. The minimum absolute atomic E-state index is 0.229. The molecule has 0 radical (unpaired) electrons. The van der Waals surface area contributed by atoms with Gasteiger partial charge in [-0.2, -0.15) is 5.26 Å². The summed E-state index contributed by atoms with van der Waals surface area (Å²) in [4.78, 5) is 21.7. The summed E-state index contributed by atoms with van der Waals surface area (Å²) in [5, 5.41) is 14.7. The van der Waals surface area contributed by atoms with Crippen molar-refractivity contribution in [2.24, 2.45) is 0 Å². The van der Waals surface area contributed by atoms with Gasteiger partial charge in [0, 0.05) is 16.6 Å². The molecule has 0 aliphatic heterocycles. The summed E-state index contributed by atoms with van der Waals surface area (Å²) in [6.07, 6.45) is 1.42. The molecule has 148 valence electrons. The lowest BCUT2D eigenvalue weighted by Gasteiger charge is -2.09. The van der Waals surface area contributed by atoms with Crippen LogP contribution >= 0.6 is 22.9 Å². The molecule has 8 heteroatoms. The quantitative estimate of drug-likeness (QED) is 0.465. The van der Waals surface area contributed by atoms with E-state index in [0.29, 0.717) is 17.1 Å². The number of fused-ring (bicyclic) bond motifs is 1. The summed E-state index contributed by atoms with van der Waals surface area (Å²) in [6.45, 7) is 1.81. The molecule has 1 amide bonds. The van der Waals surface area contributed by atoms with Gasteiger partial charge in [0.05, 0.1) is 16.0 Å². The number of amides is 1. The first-order chi connectivity index (χ1) is 14.5. The van der Waals surface area contributed by atoms with Crippen LogP contribution in [0.1, 0.15) is 11.1 Å². The Hall–Kier alpha value is -3.47. The van der Waals surface area contributed by atoms with E-state index >= 15 is 0 Å². The molecule has 4 rings (SSSR count). The van der Waals surface area contributed by atoms with Crippen LogP contribution in [0.5, 0.6) is 5.88 Å². The van der Waals surface area contributed by atoms with Crippen LogP contribution in [-0.2, 0) is 4.79 Å². The van der Waals surface area contributed by atoms with E-state index in [9.17, 15) is 4.79 Å². The van der Waals surface area contributed by atoms with E-state index in [1.807, 2.05) is 42.6 Å². The normalized spacial score (nSPS) is 10.6. The van der Waals surface area contributed by atoms with Crippen LogP contribution < -0.4 is 10.1 Å². The van der Waals surface area contributed by atoms with E-state index in [2.05, 4.69) is 15.3 Å². The van der Waals surface area contributed by atoms with Gasteiger partial charge in [-0.25, -0.2) is 9.97 Å². The van der Waals surface area contributed by atoms with Crippen LogP contribution in [0.25, 0.3) is 21.3 Å². The summed E-state index contributed by atoms with van der Waals surface area (Å²) in [5.74, 6) is -0.0144. The minimum Gasteiger partial charge on any atom is -0.467 e. The molecule has 30 heavy (non-hydrogen) atoms. The van der Waals surface area contributed by atoms with Gasteiger partial charge >= 0.3 is 0 Å². The molecule has 0 aliphatic rings. The number of nitrogens with zero attached hydrogens (tertiary/aromatic N) is 3. The number of rotatable bonds is 5. The number of thiophene rings is 1. The van der Waals surface area contributed by atoms with Crippen LogP contribution in [0.15, 0.2) is 54.2 Å². The number of carbonyl (C=O) groups excluding carboxylic acids is 1. The summed E-state index contributed by atoms with van der Waals surface area (Å²) in [5.41, 5.74) is 3.99. The third-order valence-corrected chi connectivity index (χ3v) is 5.61. The van der Waals surface area contributed by atoms with Crippen molar-refractivity contribution < 1.29 is 9.53 Å². The predicted molar refractivity (Wildman–Crippen MR) is 118 cm³/mol. The lowest BCUT2D eigenvalue weighted by atomic mass is 10.0. The molecule has 0 saturated carbocycles. The number of nitriles is 1. The van der Waals surface area contributed by atoms with Gasteiger partial charge in [0.25, 0.3) is 5.91 Å². The number of carbonyl (C=O) groups is 1. The van der Waals surface area contributed by atoms with Crippen molar-refractivity contribution in [3.63, 3.8) is 0 Å². The largest absolute Gasteiger partial charge is 0.467 e. The summed E-state index contributed by atoms with van der Waals surface area (Å²) >= 11 is 7.50. The Morgan fingerprint density at radius 3 is 2.77 bits per heavy atom. The van der Waals surface area contributed by atoms with E-state index in [1.165, 1.54) is 29.3 Å². The predicted octanol–water partition coefficient (Wildman–Crippen LogP) is 5.21. The van der Waals surface area contributed by atoms with Gasteiger partial charge in [-0.15, -0.1) is 11.3 Å². The Bertz CT molecular complexity index is 1280. The molecule has 0 aliphatic carbocycles. The van der Waals surface area contributed by atoms with Crippen LogP contribution in [0.2, 0.25) is 5.02 Å². The number of aryl methyl sites for hydroxylation is 1. The smallest absolute Gasteiger partial charge is 0.262 e. The molecule has 2 heterocycles. The fraction of sp³-hybridized carbons (Fsp3) is 0.0909. The molecule has 1 N–H and O–H groups in total. The molecule has 6 nitrogen and oxygen atoms in total. The number of halogens is 1. The van der Waals surface area contributed by atoms with Crippen LogP contribution in [-0.4, -0.2) is 22.5 Å². The Morgan fingerprint density at radius 2 is 2.03 bits per heavy atom. The Kier molecular flexibility index (Phi) is 5.61. The molecule has 0 unspecified atom stereocenters. The molecular formula is C22H15ClN4O2S. The number of benzene rings is 2. The number of nitrogens with one attached hydrogen (secondary N) is 1. The van der Waals surface area contributed by atoms with Crippen molar-refractivity contribution in [1.29, 1.82) is 5.26 Å². The lowest BCUT2D eigenvalue weighted by Crippen LogP contribution is -2.20. The minimum atomic E-state index is -0.366. The highest BCUT2D eigenvalue weighted by Gasteiger charge is 2.15. The monoisotopic (exact) mass is 434 g/mol. The summed E-state index contributed by atoms with van der Waals surface area (Å²) in [6, 6.07) is 14.8. The zero-order valence-electron chi connectivity index (χ0n) is 15.8. The van der Waals surface area contributed by atoms with Crippen LogP contribution in [0.4, 0.5) is 5.69 Å². The molecule has 2 aromatic heterocycles. The van der Waals surface area contributed by atoms with Crippen molar-refractivity contribution in [3.8, 4) is 23.1 Å². The highest BCUT2D eigenvalue weighted by Crippen LogP contribution is 2.37. The molecule has 0 spiro atoms. The van der Waals surface area contributed by atoms with E-state index in [-0.39, 0.29) is 17.5 Å². The lowest BCUT2D eigenvalue weighted by molar-refractivity contribution is -0.118. The average Bonchev–Trinajstić information content (AvgIpc) is 3.18. The summed E-state index contributed by atoms with van der Waals surface area (Å²) in [7, 11) is 0. The zero-order valence-corrected chi connectivity index (χ0v) is 17.4. The Balaban J connectivity index is 1.53.